The third-order valence-corrected chi connectivity index (χ3v) is 5.60. The van der Waals surface area contributed by atoms with Gasteiger partial charge in [0.2, 0.25) is 0 Å². The third-order valence-electron chi connectivity index (χ3n) is 5.00. The molecule has 9 nitrogen and oxygen atoms in total. The van der Waals surface area contributed by atoms with Crippen molar-refractivity contribution in [3.63, 3.8) is 0 Å². The number of hydrogen-bond acceptors (Lipinski definition) is 7. The third kappa shape index (κ3) is 7.34. The molecule has 3 aromatic carbocycles. The fraction of sp³-hybridized carbons (Fsp3) is 0.148. The first-order chi connectivity index (χ1) is 17.9. The smallest absolute Gasteiger partial charge is 0.287 e. The number of amides is 2. The van der Waals surface area contributed by atoms with Crippen molar-refractivity contribution in [2.24, 2.45) is 5.10 Å². The number of hydrogen-bond donors (Lipinski definition) is 3. The Morgan fingerprint density at radius 2 is 1.78 bits per heavy atom. The summed E-state index contributed by atoms with van der Waals surface area (Å²) in [7, 11) is 3.02. The van der Waals surface area contributed by atoms with E-state index in [4.69, 9.17) is 14.2 Å². The van der Waals surface area contributed by atoms with Gasteiger partial charge in [0.25, 0.3) is 11.8 Å². The molecule has 3 N–H and O–H groups in total. The summed E-state index contributed by atoms with van der Waals surface area (Å²) in [6.45, 7) is 2.16. The Morgan fingerprint density at radius 1 is 1.03 bits per heavy atom. The first-order valence-corrected chi connectivity index (χ1v) is 11.9. The normalized spacial score (nSPS) is 11.2. The second kappa shape index (κ2) is 13.1. The van der Waals surface area contributed by atoms with Crippen LogP contribution >= 0.6 is 15.9 Å². The second-order valence-electron chi connectivity index (χ2n) is 7.47. The van der Waals surface area contributed by atoms with Crippen LogP contribution < -0.4 is 25.0 Å². The van der Waals surface area contributed by atoms with Gasteiger partial charge in [0, 0.05) is 11.1 Å². The molecule has 0 aliphatic carbocycles. The standard InChI is InChI=1S/C27H26BrN3O6/c1-4-37-24-13-17(12-21(28)25(24)32)16-29-31-27(34)22(30-26(33)18-8-6-5-7-9-18)15-19-14-20(35-2)10-11-23(19)36-3/h5-16,32H,4H2,1-3H3,(H,30,33)(H,31,34)/b22-15-,29-16+. The van der Waals surface area contributed by atoms with Gasteiger partial charge in [0.05, 0.1) is 31.5 Å². The number of phenols is 1. The lowest BCUT2D eigenvalue weighted by atomic mass is 10.1. The van der Waals surface area contributed by atoms with Gasteiger partial charge in [-0.2, -0.15) is 5.10 Å². The molecule has 0 unspecified atom stereocenters. The predicted octanol–water partition coefficient (Wildman–Crippen LogP) is 4.49. The molecule has 0 saturated carbocycles. The number of rotatable bonds is 10. The average Bonchev–Trinajstić information content (AvgIpc) is 2.91. The Hall–Kier alpha value is -4.31. The van der Waals surface area contributed by atoms with E-state index in [0.29, 0.717) is 39.3 Å². The minimum atomic E-state index is -0.673. The Kier molecular flexibility index (Phi) is 9.68. The molecule has 3 aromatic rings. The van der Waals surface area contributed by atoms with Gasteiger partial charge in [0.15, 0.2) is 11.5 Å². The zero-order valence-corrected chi connectivity index (χ0v) is 22.0. The predicted molar refractivity (Wildman–Crippen MR) is 144 cm³/mol. The number of carbonyl (C=O) groups is 2. The summed E-state index contributed by atoms with van der Waals surface area (Å²) >= 11 is 3.26. The minimum Gasteiger partial charge on any atom is -0.503 e. The number of hydrazone groups is 1. The molecule has 0 aliphatic heterocycles. The summed E-state index contributed by atoms with van der Waals surface area (Å²) in [5, 5.41) is 16.7. The number of phenolic OH excluding ortho intramolecular Hbond substituents is 1. The van der Waals surface area contributed by atoms with Crippen molar-refractivity contribution in [1.29, 1.82) is 0 Å². The molecule has 0 fully saturated rings. The molecule has 0 aromatic heterocycles. The zero-order chi connectivity index (χ0) is 26.8. The fourth-order valence-electron chi connectivity index (χ4n) is 3.21. The summed E-state index contributed by atoms with van der Waals surface area (Å²) in [5.41, 5.74) is 3.79. The largest absolute Gasteiger partial charge is 0.503 e. The van der Waals surface area contributed by atoms with Gasteiger partial charge in [-0.05, 0) is 77.0 Å². The van der Waals surface area contributed by atoms with Crippen LogP contribution in [0.5, 0.6) is 23.0 Å². The first kappa shape index (κ1) is 27.3. The van der Waals surface area contributed by atoms with E-state index in [1.807, 2.05) is 0 Å². The number of halogens is 1. The van der Waals surface area contributed by atoms with E-state index in [2.05, 4.69) is 31.8 Å². The summed E-state index contributed by atoms with van der Waals surface area (Å²) in [6, 6.07) is 16.8. The summed E-state index contributed by atoms with van der Waals surface area (Å²) in [4.78, 5) is 25.9. The van der Waals surface area contributed by atoms with Gasteiger partial charge in [-0.25, -0.2) is 5.43 Å². The van der Waals surface area contributed by atoms with Crippen LogP contribution in [0.25, 0.3) is 6.08 Å². The molecule has 0 atom stereocenters. The highest BCUT2D eigenvalue weighted by atomic mass is 79.9. The molecule has 0 bridgehead atoms. The molecule has 37 heavy (non-hydrogen) atoms. The van der Waals surface area contributed by atoms with E-state index in [1.165, 1.54) is 26.5 Å². The minimum absolute atomic E-state index is 0.0379. The maximum atomic E-state index is 13.1. The molecule has 192 valence electrons. The number of ether oxygens (including phenoxy) is 3. The van der Waals surface area contributed by atoms with Crippen molar-refractivity contribution in [3.8, 4) is 23.0 Å². The van der Waals surface area contributed by atoms with Gasteiger partial charge in [0.1, 0.15) is 17.2 Å². The lowest BCUT2D eigenvalue weighted by Crippen LogP contribution is -2.32. The Labute approximate surface area is 222 Å². The van der Waals surface area contributed by atoms with E-state index in [9.17, 15) is 14.7 Å². The molecule has 0 aliphatic rings. The van der Waals surface area contributed by atoms with E-state index in [0.717, 1.165) is 0 Å². The Bertz CT molecular complexity index is 1330. The highest BCUT2D eigenvalue weighted by Crippen LogP contribution is 2.35. The van der Waals surface area contributed by atoms with Crippen molar-refractivity contribution in [2.75, 3.05) is 20.8 Å². The fourth-order valence-corrected chi connectivity index (χ4v) is 3.67. The number of aromatic hydroxyl groups is 1. The van der Waals surface area contributed by atoms with Crippen molar-refractivity contribution in [3.05, 3.63) is 87.5 Å². The van der Waals surface area contributed by atoms with Gasteiger partial charge < -0.3 is 24.6 Å². The molecule has 0 radical (unpaired) electrons. The van der Waals surface area contributed by atoms with Crippen molar-refractivity contribution >= 4 is 40.0 Å². The van der Waals surface area contributed by atoms with E-state index < -0.39 is 11.8 Å². The first-order valence-electron chi connectivity index (χ1n) is 11.1. The topological polar surface area (TPSA) is 118 Å². The maximum Gasteiger partial charge on any atom is 0.287 e. The van der Waals surface area contributed by atoms with E-state index in [1.54, 1.807) is 67.6 Å². The van der Waals surface area contributed by atoms with Gasteiger partial charge in [-0.3, -0.25) is 9.59 Å². The summed E-state index contributed by atoms with van der Waals surface area (Å²) in [5.74, 6) is 0.0997. The summed E-state index contributed by atoms with van der Waals surface area (Å²) in [6.07, 6.45) is 2.85. The molecular formula is C27H26BrN3O6. The quantitative estimate of drug-likeness (QED) is 0.189. The highest BCUT2D eigenvalue weighted by molar-refractivity contribution is 9.10. The molecule has 2 amide bonds. The van der Waals surface area contributed by atoms with Crippen LogP contribution in [-0.2, 0) is 4.79 Å². The summed E-state index contributed by atoms with van der Waals surface area (Å²) < 4.78 is 16.5. The van der Waals surface area contributed by atoms with Crippen molar-refractivity contribution in [1.82, 2.24) is 10.7 Å². The average molecular weight is 568 g/mol. The van der Waals surface area contributed by atoms with Crippen LogP contribution in [0.3, 0.4) is 0 Å². The molecule has 10 heteroatoms. The van der Waals surface area contributed by atoms with Crippen LogP contribution in [0.1, 0.15) is 28.4 Å². The van der Waals surface area contributed by atoms with Gasteiger partial charge >= 0.3 is 0 Å². The molecule has 3 rings (SSSR count). The lowest BCUT2D eigenvalue weighted by molar-refractivity contribution is -0.117. The van der Waals surface area contributed by atoms with Crippen LogP contribution in [0.15, 0.2) is 75.9 Å². The van der Waals surface area contributed by atoms with Gasteiger partial charge in [-0.15, -0.1) is 0 Å². The van der Waals surface area contributed by atoms with Crippen molar-refractivity contribution in [2.45, 2.75) is 6.92 Å². The number of nitrogens with zero attached hydrogens (tertiary/aromatic N) is 1. The van der Waals surface area contributed by atoms with Crippen LogP contribution in [0.4, 0.5) is 0 Å². The molecular weight excluding hydrogens is 542 g/mol. The Morgan fingerprint density at radius 3 is 2.46 bits per heavy atom. The van der Waals surface area contributed by atoms with Crippen molar-refractivity contribution < 1.29 is 28.9 Å². The van der Waals surface area contributed by atoms with Crippen LogP contribution in [0.2, 0.25) is 0 Å². The maximum absolute atomic E-state index is 13.1. The zero-order valence-electron chi connectivity index (χ0n) is 20.4. The van der Waals surface area contributed by atoms with E-state index >= 15 is 0 Å². The molecule has 0 heterocycles. The second-order valence-corrected chi connectivity index (χ2v) is 8.32. The number of methoxy groups -OCH3 is 2. The number of benzene rings is 3. The molecule has 0 saturated heterocycles. The van der Waals surface area contributed by atoms with E-state index in [-0.39, 0.29) is 17.2 Å². The Balaban J connectivity index is 1.90. The SMILES string of the molecule is CCOc1cc(/C=N/NC(=O)/C(=C/c2cc(OC)ccc2OC)NC(=O)c2ccccc2)cc(Br)c1O. The monoisotopic (exact) mass is 567 g/mol. The van der Waals surface area contributed by atoms with Crippen LogP contribution in [0, 0.1) is 0 Å². The van der Waals surface area contributed by atoms with Crippen LogP contribution in [-0.4, -0.2) is 44.0 Å². The number of nitrogens with one attached hydrogen (secondary N) is 2. The molecule has 0 spiro atoms. The highest BCUT2D eigenvalue weighted by Gasteiger charge is 2.16. The number of carbonyl (C=O) groups excluding carboxylic acids is 2. The lowest BCUT2D eigenvalue weighted by Gasteiger charge is -2.12. The van der Waals surface area contributed by atoms with Gasteiger partial charge in [-0.1, -0.05) is 18.2 Å².